The highest BCUT2D eigenvalue weighted by molar-refractivity contribution is 8.00. The first-order chi connectivity index (χ1) is 12.9. The molecule has 1 aliphatic rings. The lowest BCUT2D eigenvalue weighted by Crippen LogP contribution is -2.16. The standard InChI is InChI=1S/C19H22N2O4S2/c1-25-18-11-10-16(27(20,23)24)12-17(18)19(22)21-13-6-8-15(9-7-13)26-14-4-2-3-5-14/h6-12,14H,2-5H2,1H3,(H,21,22)(H2,20,23,24). The molecule has 0 radical (unpaired) electrons. The van der Waals surface area contributed by atoms with E-state index in [9.17, 15) is 13.2 Å². The normalized spacial score (nSPS) is 14.9. The summed E-state index contributed by atoms with van der Waals surface area (Å²) in [5.74, 6) is -0.193. The molecule has 3 N–H and O–H groups in total. The number of nitrogens with two attached hydrogens (primary N) is 1. The Morgan fingerprint density at radius 1 is 1.15 bits per heavy atom. The summed E-state index contributed by atoms with van der Waals surface area (Å²) in [4.78, 5) is 13.6. The van der Waals surface area contributed by atoms with Gasteiger partial charge in [-0.15, -0.1) is 11.8 Å². The second kappa shape index (κ2) is 8.33. The number of carbonyl (C=O) groups excluding carboxylic acids is 1. The lowest BCUT2D eigenvalue weighted by molar-refractivity contribution is 0.102. The molecule has 0 saturated heterocycles. The molecule has 2 aromatic carbocycles. The number of sulfonamides is 1. The summed E-state index contributed by atoms with van der Waals surface area (Å²) in [6.45, 7) is 0. The Labute approximate surface area is 163 Å². The minimum Gasteiger partial charge on any atom is -0.496 e. The summed E-state index contributed by atoms with van der Waals surface area (Å²) in [5.41, 5.74) is 0.729. The van der Waals surface area contributed by atoms with Crippen molar-refractivity contribution in [2.45, 2.75) is 40.7 Å². The van der Waals surface area contributed by atoms with Gasteiger partial charge in [-0.3, -0.25) is 4.79 Å². The molecule has 3 rings (SSSR count). The number of hydrogen-bond acceptors (Lipinski definition) is 5. The van der Waals surface area contributed by atoms with Crippen LogP contribution in [-0.4, -0.2) is 26.7 Å². The fourth-order valence-electron chi connectivity index (χ4n) is 3.06. The van der Waals surface area contributed by atoms with Gasteiger partial charge in [0.05, 0.1) is 17.6 Å². The number of amides is 1. The van der Waals surface area contributed by atoms with Gasteiger partial charge in [-0.2, -0.15) is 0 Å². The predicted octanol–water partition coefficient (Wildman–Crippen LogP) is 3.63. The first-order valence-electron chi connectivity index (χ1n) is 8.66. The molecule has 8 heteroatoms. The van der Waals surface area contributed by atoms with Crippen LogP contribution in [0.1, 0.15) is 36.0 Å². The van der Waals surface area contributed by atoms with Gasteiger partial charge in [0.15, 0.2) is 0 Å². The summed E-state index contributed by atoms with van der Waals surface area (Å²) < 4.78 is 28.3. The largest absolute Gasteiger partial charge is 0.496 e. The number of nitrogens with one attached hydrogen (secondary N) is 1. The number of benzene rings is 2. The average Bonchev–Trinajstić information content (AvgIpc) is 3.15. The Balaban J connectivity index is 1.74. The van der Waals surface area contributed by atoms with Crippen molar-refractivity contribution in [2.24, 2.45) is 5.14 Å². The highest BCUT2D eigenvalue weighted by atomic mass is 32.2. The zero-order valence-corrected chi connectivity index (χ0v) is 16.6. The summed E-state index contributed by atoms with van der Waals surface area (Å²) in [7, 11) is -2.50. The lowest BCUT2D eigenvalue weighted by atomic mass is 10.2. The number of anilines is 1. The van der Waals surface area contributed by atoms with Gasteiger partial charge in [-0.05, 0) is 55.3 Å². The molecule has 1 amide bonds. The zero-order valence-electron chi connectivity index (χ0n) is 15.0. The second-order valence-electron chi connectivity index (χ2n) is 6.41. The van der Waals surface area contributed by atoms with Crippen LogP contribution in [0.25, 0.3) is 0 Å². The Morgan fingerprint density at radius 2 is 1.81 bits per heavy atom. The fourth-order valence-corrected chi connectivity index (χ4v) is 4.84. The van der Waals surface area contributed by atoms with Gasteiger partial charge in [0.25, 0.3) is 5.91 Å². The SMILES string of the molecule is COc1ccc(S(N)(=O)=O)cc1C(=O)Nc1ccc(SC2CCCC2)cc1. The van der Waals surface area contributed by atoms with Gasteiger partial charge < -0.3 is 10.1 Å². The second-order valence-corrected chi connectivity index (χ2v) is 9.35. The summed E-state index contributed by atoms with van der Waals surface area (Å²) in [6.07, 6.45) is 5.10. The highest BCUT2D eigenvalue weighted by Gasteiger charge is 2.18. The molecule has 0 spiro atoms. The predicted molar refractivity (Wildman–Crippen MR) is 107 cm³/mol. The van der Waals surface area contributed by atoms with Crippen LogP contribution < -0.4 is 15.2 Å². The lowest BCUT2D eigenvalue weighted by Gasteiger charge is -2.12. The van der Waals surface area contributed by atoms with E-state index in [2.05, 4.69) is 5.32 Å². The van der Waals surface area contributed by atoms with Crippen LogP contribution in [0.2, 0.25) is 0 Å². The van der Waals surface area contributed by atoms with E-state index in [4.69, 9.17) is 9.88 Å². The third kappa shape index (κ3) is 5.03. The van der Waals surface area contributed by atoms with E-state index in [1.807, 2.05) is 36.0 Å². The van der Waals surface area contributed by atoms with E-state index in [0.29, 0.717) is 10.9 Å². The third-order valence-corrected chi connectivity index (χ3v) is 6.72. The van der Waals surface area contributed by atoms with E-state index in [0.717, 1.165) is 0 Å². The van der Waals surface area contributed by atoms with Crippen LogP contribution in [0.15, 0.2) is 52.3 Å². The smallest absolute Gasteiger partial charge is 0.259 e. The van der Waals surface area contributed by atoms with Crippen molar-refractivity contribution < 1.29 is 17.9 Å². The first-order valence-corrected chi connectivity index (χ1v) is 11.1. The van der Waals surface area contributed by atoms with Gasteiger partial charge in [0, 0.05) is 15.8 Å². The van der Waals surface area contributed by atoms with Crippen LogP contribution in [0.4, 0.5) is 5.69 Å². The maximum Gasteiger partial charge on any atom is 0.259 e. The maximum atomic E-state index is 12.6. The monoisotopic (exact) mass is 406 g/mol. The van der Waals surface area contributed by atoms with Gasteiger partial charge in [0.1, 0.15) is 5.75 Å². The van der Waals surface area contributed by atoms with Crippen molar-refractivity contribution in [1.29, 1.82) is 0 Å². The molecule has 0 unspecified atom stereocenters. The molecule has 0 aromatic heterocycles. The van der Waals surface area contributed by atoms with E-state index in [1.54, 1.807) is 0 Å². The number of rotatable bonds is 6. The quantitative estimate of drug-likeness (QED) is 0.763. The topological polar surface area (TPSA) is 98.5 Å². The van der Waals surface area contributed by atoms with Gasteiger partial charge in [-0.25, -0.2) is 13.6 Å². The molecule has 1 aliphatic carbocycles. The molecular formula is C19H22N2O4S2. The number of ether oxygens (including phenoxy) is 1. The number of thioether (sulfide) groups is 1. The van der Waals surface area contributed by atoms with Crippen molar-refractivity contribution in [3.05, 3.63) is 48.0 Å². The van der Waals surface area contributed by atoms with Gasteiger partial charge in [-0.1, -0.05) is 12.8 Å². The van der Waals surface area contributed by atoms with E-state index in [-0.39, 0.29) is 16.2 Å². The maximum absolute atomic E-state index is 12.6. The van der Waals surface area contributed by atoms with Crippen molar-refractivity contribution >= 4 is 33.4 Å². The zero-order chi connectivity index (χ0) is 19.4. The van der Waals surface area contributed by atoms with Crippen molar-refractivity contribution in [3.8, 4) is 5.75 Å². The fraction of sp³-hybridized carbons (Fsp3) is 0.316. The minimum absolute atomic E-state index is 0.105. The number of hydrogen-bond donors (Lipinski definition) is 2. The third-order valence-electron chi connectivity index (χ3n) is 4.46. The van der Waals surface area contributed by atoms with Crippen LogP contribution in [0.3, 0.4) is 0 Å². The van der Waals surface area contributed by atoms with E-state index >= 15 is 0 Å². The Kier molecular flexibility index (Phi) is 6.08. The van der Waals surface area contributed by atoms with E-state index in [1.165, 1.54) is 55.9 Å². The first kappa shape index (κ1) is 19.7. The molecular weight excluding hydrogens is 384 g/mol. The highest BCUT2D eigenvalue weighted by Crippen LogP contribution is 2.35. The number of carbonyl (C=O) groups is 1. The summed E-state index contributed by atoms with van der Waals surface area (Å²) in [6, 6.07) is 11.6. The molecule has 27 heavy (non-hydrogen) atoms. The van der Waals surface area contributed by atoms with Crippen LogP contribution in [-0.2, 0) is 10.0 Å². The average molecular weight is 407 g/mol. The molecule has 0 aliphatic heterocycles. The van der Waals surface area contributed by atoms with E-state index < -0.39 is 15.9 Å². The molecule has 0 bridgehead atoms. The molecule has 1 saturated carbocycles. The molecule has 6 nitrogen and oxygen atoms in total. The molecule has 144 valence electrons. The van der Waals surface area contributed by atoms with Crippen LogP contribution in [0.5, 0.6) is 5.75 Å². The Bertz CT molecular complexity index is 921. The summed E-state index contributed by atoms with van der Waals surface area (Å²) in [5, 5.41) is 8.60. The van der Waals surface area contributed by atoms with Crippen molar-refractivity contribution in [2.75, 3.05) is 12.4 Å². The van der Waals surface area contributed by atoms with Crippen LogP contribution >= 0.6 is 11.8 Å². The van der Waals surface area contributed by atoms with Crippen molar-refractivity contribution in [1.82, 2.24) is 0 Å². The van der Waals surface area contributed by atoms with Crippen molar-refractivity contribution in [3.63, 3.8) is 0 Å². The molecule has 1 fully saturated rings. The molecule has 2 aromatic rings. The minimum atomic E-state index is -3.91. The van der Waals surface area contributed by atoms with Gasteiger partial charge >= 0.3 is 0 Å². The molecule has 0 heterocycles. The molecule has 0 atom stereocenters. The summed E-state index contributed by atoms with van der Waals surface area (Å²) >= 11 is 1.87. The Morgan fingerprint density at radius 3 is 2.41 bits per heavy atom. The van der Waals surface area contributed by atoms with Gasteiger partial charge in [0.2, 0.25) is 10.0 Å². The van der Waals surface area contributed by atoms with Crippen LogP contribution in [0, 0.1) is 0 Å². The number of methoxy groups -OCH3 is 1. The Hall–Kier alpha value is -2.03. The number of primary sulfonamides is 1.